The highest BCUT2D eigenvalue weighted by Gasteiger charge is 2.10. The molecule has 4 nitrogen and oxygen atoms in total. The molecule has 0 saturated carbocycles. The number of pyridine rings is 1. The number of aryl methyl sites for hydroxylation is 1. The molecule has 0 aliphatic rings. The van der Waals surface area contributed by atoms with Gasteiger partial charge in [-0.15, -0.1) is 0 Å². The Hall–Kier alpha value is -1.59. The smallest absolute Gasteiger partial charge is 0.130 e. The largest absolute Gasteiger partial charge is 0.497 e. The van der Waals surface area contributed by atoms with Crippen LogP contribution in [0.2, 0.25) is 0 Å². The SMILES string of the molecule is COc1cc(C)nc(COc2ccc(Br)cc2[C@@H](C)N)c1. The molecule has 0 radical (unpaired) electrons. The lowest BCUT2D eigenvalue weighted by Crippen LogP contribution is -2.09. The minimum atomic E-state index is -0.0995. The van der Waals surface area contributed by atoms with Gasteiger partial charge in [0.25, 0.3) is 0 Å². The molecule has 1 aromatic heterocycles. The zero-order valence-corrected chi connectivity index (χ0v) is 14.0. The quantitative estimate of drug-likeness (QED) is 0.891. The number of hydrogen-bond donors (Lipinski definition) is 1. The Bertz CT molecular complexity index is 630. The molecule has 5 heteroatoms. The van der Waals surface area contributed by atoms with E-state index in [2.05, 4.69) is 20.9 Å². The molecule has 0 saturated heterocycles. The average Bonchev–Trinajstić information content (AvgIpc) is 2.45. The molecule has 2 aromatic rings. The minimum absolute atomic E-state index is 0.0995. The van der Waals surface area contributed by atoms with Crippen LogP contribution >= 0.6 is 15.9 Å². The Kier molecular flexibility index (Phi) is 5.20. The van der Waals surface area contributed by atoms with Crippen molar-refractivity contribution in [3.05, 3.63) is 51.8 Å². The van der Waals surface area contributed by atoms with Crippen LogP contribution in [0.3, 0.4) is 0 Å². The lowest BCUT2D eigenvalue weighted by Gasteiger charge is -2.14. The molecule has 0 aliphatic heterocycles. The van der Waals surface area contributed by atoms with Gasteiger partial charge < -0.3 is 15.2 Å². The van der Waals surface area contributed by atoms with E-state index in [4.69, 9.17) is 15.2 Å². The Morgan fingerprint density at radius 2 is 2.05 bits per heavy atom. The van der Waals surface area contributed by atoms with E-state index in [1.807, 2.05) is 44.2 Å². The predicted molar refractivity (Wildman–Crippen MR) is 86.6 cm³/mol. The van der Waals surface area contributed by atoms with Gasteiger partial charge in [0.2, 0.25) is 0 Å². The first-order chi connectivity index (χ1) is 9.99. The number of nitrogens with two attached hydrogens (primary N) is 1. The summed E-state index contributed by atoms with van der Waals surface area (Å²) in [6, 6.07) is 9.48. The maximum Gasteiger partial charge on any atom is 0.130 e. The Balaban J connectivity index is 2.18. The third-order valence-corrected chi connectivity index (χ3v) is 3.55. The monoisotopic (exact) mass is 350 g/mol. The normalized spacial score (nSPS) is 12.0. The summed E-state index contributed by atoms with van der Waals surface area (Å²) in [7, 11) is 1.64. The highest BCUT2D eigenvalue weighted by molar-refractivity contribution is 9.10. The highest BCUT2D eigenvalue weighted by Crippen LogP contribution is 2.28. The maximum absolute atomic E-state index is 5.99. The zero-order chi connectivity index (χ0) is 15.4. The molecule has 0 unspecified atom stereocenters. The van der Waals surface area contributed by atoms with Crippen molar-refractivity contribution in [2.75, 3.05) is 7.11 Å². The minimum Gasteiger partial charge on any atom is -0.497 e. The Morgan fingerprint density at radius 3 is 2.71 bits per heavy atom. The number of benzene rings is 1. The van der Waals surface area contributed by atoms with Crippen LogP contribution in [0.15, 0.2) is 34.8 Å². The van der Waals surface area contributed by atoms with Gasteiger partial charge >= 0.3 is 0 Å². The lowest BCUT2D eigenvalue weighted by molar-refractivity contribution is 0.295. The van der Waals surface area contributed by atoms with Crippen LogP contribution in [0.4, 0.5) is 0 Å². The van der Waals surface area contributed by atoms with Crippen LogP contribution in [0.5, 0.6) is 11.5 Å². The first-order valence-corrected chi connectivity index (χ1v) is 7.48. The van der Waals surface area contributed by atoms with Gasteiger partial charge in [-0.25, -0.2) is 0 Å². The molecule has 2 N–H and O–H groups in total. The average molecular weight is 351 g/mol. The van der Waals surface area contributed by atoms with E-state index in [0.717, 1.165) is 32.9 Å². The van der Waals surface area contributed by atoms with Gasteiger partial charge in [-0.05, 0) is 32.0 Å². The van der Waals surface area contributed by atoms with E-state index < -0.39 is 0 Å². The van der Waals surface area contributed by atoms with E-state index >= 15 is 0 Å². The van der Waals surface area contributed by atoms with E-state index in [9.17, 15) is 0 Å². The fourth-order valence-electron chi connectivity index (χ4n) is 2.05. The van der Waals surface area contributed by atoms with Crippen LogP contribution in [0.25, 0.3) is 0 Å². The summed E-state index contributed by atoms with van der Waals surface area (Å²) in [4.78, 5) is 4.44. The second-order valence-electron chi connectivity index (χ2n) is 4.90. The molecule has 21 heavy (non-hydrogen) atoms. The summed E-state index contributed by atoms with van der Waals surface area (Å²) in [5, 5.41) is 0. The molecule has 2 rings (SSSR count). The van der Waals surface area contributed by atoms with Crippen LogP contribution < -0.4 is 15.2 Å². The van der Waals surface area contributed by atoms with Crippen LogP contribution in [0.1, 0.15) is 29.9 Å². The van der Waals surface area contributed by atoms with E-state index in [0.29, 0.717) is 6.61 Å². The molecule has 0 amide bonds. The Labute approximate surface area is 133 Å². The molecular formula is C16H19BrN2O2. The molecule has 1 heterocycles. The van der Waals surface area contributed by atoms with Crippen molar-refractivity contribution in [3.63, 3.8) is 0 Å². The fourth-order valence-corrected chi connectivity index (χ4v) is 2.43. The predicted octanol–water partition coefficient (Wildman–Crippen LogP) is 3.76. The zero-order valence-electron chi connectivity index (χ0n) is 12.4. The molecule has 112 valence electrons. The third kappa shape index (κ3) is 4.19. The lowest BCUT2D eigenvalue weighted by atomic mass is 10.1. The van der Waals surface area contributed by atoms with Gasteiger partial charge in [0.15, 0.2) is 0 Å². The van der Waals surface area contributed by atoms with Gasteiger partial charge in [-0.1, -0.05) is 15.9 Å². The molecule has 1 atom stereocenters. The summed E-state index contributed by atoms with van der Waals surface area (Å²) in [5.41, 5.74) is 8.67. The maximum atomic E-state index is 5.99. The standard InChI is InChI=1S/C16H19BrN2O2/c1-10-6-14(20-3)8-13(19-10)9-21-16-5-4-12(17)7-15(16)11(2)18/h4-8,11H,9,18H2,1-3H3/t11-/m1/s1. The van der Waals surface area contributed by atoms with Crippen molar-refractivity contribution in [2.24, 2.45) is 5.73 Å². The number of halogens is 1. The summed E-state index contributed by atoms with van der Waals surface area (Å²) >= 11 is 3.45. The summed E-state index contributed by atoms with van der Waals surface area (Å²) in [6.45, 7) is 4.24. The van der Waals surface area contributed by atoms with Crippen LogP contribution in [0, 0.1) is 6.92 Å². The van der Waals surface area contributed by atoms with Gasteiger partial charge in [-0.3, -0.25) is 4.98 Å². The van der Waals surface area contributed by atoms with E-state index in [-0.39, 0.29) is 6.04 Å². The van der Waals surface area contributed by atoms with Gasteiger partial charge in [0.05, 0.1) is 12.8 Å². The molecule has 0 bridgehead atoms. The third-order valence-electron chi connectivity index (χ3n) is 3.05. The number of hydrogen-bond acceptors (Lipinski definition) is 4. The number of rotatable bonds is 5. The van der Waals surface area contributed by atoms with Crippen molar-refractivity contribution < 1.29 is 9.47 Å². The second-order valence-corrected chi connectivity index (χ2v) is 5.81. The van der Waals surface area contributed by atoms with Crippen LogP contribution in [-0.4, -0.2) is 12.1 Å². The Morgan fingerprint density at radius 1 is 1.29 bits per heavy atom. The number of ether oxygens (including phenoxy) is 2. The van der Waals surface area contributed by atoms with Crippen molar-refractivity contribution in [1.29, 1.82) is 0 Å². The van der Waals surface area contributed by atoms with Crippen molar-refractivity contribution in [1.82, 2.24) is 4.98 Å². The van der Waals surface area contributed by atoms with Crippen molar-refractivity contribution >= 4 is 15.9 Å². The van der Waals surface area contributed by atoms with E-state index in [1.54, 1.807) is 7.11 Å². The number of methoxy groups -OCH3 is 1. The van der Waals surface area contributed by atoms with Gasteiger partial charge in [0.1, 0.15) is 18.1 Å². The first kappa shape index (κ1) is 15.8. The molecule has 0 aliphatic carbocycles. The summed E-state index contributed by atoms with van der Waals surface area (Å²) in [6.07, 6.45) is 0. The molecule has 1 aromatic carbocycles. The highest BCUT2D eigenvalue weighted by atomic mass is 79.9. The van der Waals surface area contributed by atoms with Gasteiger partial charge in [0, 0.05) is 33.9 Å². The fraction of sp³-hybridized carbons (Fsp3) is 0.312. The summed E-state index contributed by atoms with van der Waals surface area (Å²) < 4.78 is 12.1. The second kappa shape index (κ2) is 6.91. The number of nitrogens with zero attached hydrogens (tertiary/aromatic N) is 1. The van der Waals surface area contributed by atoms with E-state index in [1.165, 1.54) is 0 Å². The summed E-state index contributed by atoms with van der Waals surface area (Å²) in [5.74, 6) is 1.56. The molecule has 0 fully saturated rings. The van der Waals surface area contributed by atoms with Crippen molar-refractivity contribution in [2.45, 2.75) is 26.5 Å². The first-order valence-electron chi connectivity index (χ1n) is 6.69. The number of aromatic nitrogens is 1. The molecule has 0 spiro atoms. The molecular weight excluding hydrogens is 332 g/mol. The van der Waals surface area contributed by atoms with Gasteiger partial charge in [-0.2, -0.15) is 0 Å². The van der Waals surface area contributed by atoms with Crippen molar-refractivity contribution in [3.8, 4) is 11.5 Å². The topological polar surface area (TPSA) is 57.4 Å². The van der Waals surface area contributed by atoms with Crippen LogP contribution in [-0.2, 0) is 6.61 Å².